The molecule has 2 amide bonds. The monoisotopic (exact) mass is 262 g/mol. The van der Waals surface area contributed by atoms with Gasteiger partial charge in [-0.25, -0.2) is 0 Å². The second-order valence-electron chi connectivity index (χ2n) is 4.63. The number of amides is 2. The average Bonchev–Trinajstić information content (AvgIpc) is 2.42. The first-order chi connectivity index (χ1) is 9.13. The number of nitrogens with one attached hydrogen (secondary N) is 2. The number of rotatable bonds is 6. The van der Waals surface area contributed by atoms with Crippen molar-refractivity contribution < 1.29 is 9.59 Å². The molecule has 0 aliphatic carbocycles. The molecule has 19 heavy (non-hydrogen) atoms. The normalized spacial score (nSPS) is 10.0. The van der Waals surface area contributed by atoms with Crippen molar-refractivity contribution in [1.82, 2.24) is 10.6 Å². The van der Waals surface area contributed by atoms with Gasteiger partial charge in [-0.05, 0) is 18.9 Å². The van der Waals surface area contributed by atoms with E-state index in [1.54, 1.807) is 0 Å². The van der Waals surface area contributed by atoms with Crippen molar-refractivity contribution in [1.29, 1.82) is 0 Å². The molecule has 0 atom stereocenters. The van der Waals surface area contributed by atoms with E-state index in [4.69, 9.17) is 0 Å². The molecular formula is C15H22N2O2. The molecule has 4 nitrogen and oxygen atoms in total. The van der Waals surface area contributed by atoms with Crippen LogP contribution in [0.25, 0.3) is 0 Å². The van der Waals surface area contributed by atoms with Crippen molar-refractivity contribution in [2.24, 2.45) is 0 Å². The number of aryl methyl sites for hydroxylation is 1. The van der Waals surface area contributed by atoms with Crippen LogP contribution in [-0.2, 0) is 16.1 Å². The van der Waals surface area contributed by atoms with E-state index < -0.39 is 11.8 Å². The number of carbonyl (C=O) groups is 2. The third-order valence-corrected chi connectivity index (χ3v) is 2.85. The van der Waals surface area contributed by atoms with Gasteiger partial charge in [0.25, 0.3) is 0 Å². The van der Waals surface area contributed by atoms with Crippen molar-refractivity contribution >= 4 is 11.8 Å². The van der Waals surface area contributed by atoms with E-state index in [-0.39, 0.29) is 0 Å². The summed E-state index contributed by atoms with van der Waals surface area (Å²) in [7, 11) is 0. The zero-order valence-corrected chi connectivity index (χ0v) is 11.7. The second-order valence-corrected chi connectivity index (χ2v) is 4.63. The second kappa shape index (κ2) is 8.29. The standard InChI is InChI=1S/C15H22N2O2/c1-3-4-5-10-16-14(18)15(19)17-11-13-8-6-12(2)7-9-13/h6-9H,3-5,10-11H2,1-2H3,(H,16,18)(H,17,19). The minimum atomic E-state index is -0.572. The maximum atomic E-state index is 11.5. The highest BCUT2D eigenvalue weighted by molar-refractivity contribution is 6.35. The summed E-state index contributed by atoms with van der Waals surface area (Å²) < 4.78 is 0. The number of carbonyl (C=O) groups excluding carboxylic acids is 2. The van der Waals surface area contributed by atoms with Gasteiger partial charge in [0.05, 0.1) is 0 Å². The van der Waals surface area contributed by atoms with Crippen LogP contribution in [0, 0.1) is 6.92 Å². The maximum absolute atomic E-state index is 11.5. The summed E-state index contributed by atoms with van der Waals surface area (Å²) in [5.41, 5.74) is 2.15. The van der Waals surface area contributed by atoms with Crippen LogP contribution in [-0.4, -0.2) is 18.4 Å². The molecule has 4 heteroatoms. The fourth-order valence-electron chi connectivity index (χ4n) is 1.63. The molecule has 2 N–H and O–H groups in total. The minimum Gasteiger partial charge on any atom is -0.348 e. The number of hydrogen-bond donors (Lipinski definition) is 2. The minimum absolute atomic E-state index is 0.376. The average molecular weight is 262 g/mol. The summed E-state index contributed by atoms with van der Waals surface area (Å²) >= 11 is 0. The van der Waals surface area contributed by atoms with E-state index in [0.717, 1.165) is 24.8 Å². The van der Waals surface area contributed by atoms with Crippen molar-refractivity contribution in [2.75, 3.05) is 6.54 Å². The lowest BCUT2D eigenvalue weighted by molar-refractivity contribution is -0.139. The fourth-order valence-corrected chi connectivity index (χ4v) is 1.63. The van der Waals surface area contributed by atoms with E-state index in [2.05, 4.69) is 17.6 Å². The molecule has 0 aliphatic heterocycles. The van der Waals surface area contributed by atoms with Gasteiger partial charge in [0.15, 0.2) is 0 Å². The highest BCUT2D eigenvalue weighted by Crippen LogP contribution is 2.02. The maximum Gasteiger partial charge on any atom is 0.309 e. The van der Waals surface area contributed by atoms with Gasteiger partial charge in [0.1, 0.15) is 0 Å². The van der Waals surface area contributed by atoms with Crippen LogP contribution in [0.1, 0.15) is 37.3 Å². The van der Waals surface area contributed by atoms with Gasteiger partial charge in [0, 0.05) is 13.1 Å². The zero-order chi connectivity index (χ0) is 14.1. The number of benzene rings is 1. The highest BCUT2D eigenvalue weighted by Gasteiger charge is 2.11. The lowest BCUT2D eigenvalue weighted by Crippen LogP contribution is -2.39. The molecule has 0 saturated carbocycles. The molecule has 0 fully saturated rings. The largest absolute Gasteiger partial charge is 0.348 e. The summed E-state index contributed by atoms with van der Waals surface area (Å²) in [4.78, 5) is 23.0. The molecule has 0 heterocycles. The van der Waals surface area contributed by atoms with Gasteiger partial charge in [-0.1, -0.05) is 49.6 Å². The first kappa shape index (κ1) is 15.2. The quantitative estimate of drug-likeness (QED) is 0.608. The predicted molar refractivity (Wildman–Crippen MR) is 75.6 cm³/mol. The molecule has 104 valence electrons. The molecule has 0 aromatic heterocycles. The molecule has 1 rings (SSSR count). The van der Waals surface area contributed by atoms with Crippen LogP contribution >= 0.6 is 0 Å². The van der Waals surface area contributed by atoms with Gasteiger partial charge in [-0.2, -0.15) is 0 Å². The van der Waals surface area contributed by atoms with Gasteiger partial charge in [0.2, 0.25) is 0 Å². The molecule has 0 unspecified atom stereocenters. The van der Waals surface area contributed by atoms with Crippen molar-refractivity contribution in [3.05, 3.63) is 35.4 Å². The highest BCUT2D eigenvalue weighted by atomic mass is 16.2. The van der Waals surface area contributed by atoms with Gasteiger partial charge >= 0.3 is 11.8 Å². The Balaban J connectivity index is 2.26. The van der Waals surface area contributed by atoms with Crippen LogP contribution in [0.2, 0.25) is 0 Å². The Bertz CT molecular complexity index is 413. The lowest BCUT2D eigenvalue weighted by Gasteiger charge is -2.06. The molecule has 0 bridgehead atoms. The third kappa shape index (κ3) is 6.04. The summed E-state index contributed by atoms with van der Waals surface area (Å²) in [6.07, 6.45) is 3.06. The van der Waals surface area contributed by atoms with E-state index in [9.17, 15) is 9.59 Å². The van der Waals surface area contributed by atoms with Crippen LogP contribution in [0.3, 0.4) is 0 Å². The molecule has 0 aliphatic rings. The smallest absolute Gasteiger partial charge is 0.309 e. The van der Waals surface area contributed by atoms with Crippen molar-refractivity contribution in [3.63, 3.8) is 0 Å². The van der Waals surface area contributed by atoms with E-state index in [1.165, 1.54) is 5.56 Å². The summed E-state index contributed by atoms with van der Waals surface area (Å²) in [6.45, 7) is 5.04. The number of unbranched alkanes of at least 4 members (excludes halogenated alkanes) is 2. The lowest BCUT2D eigenvalue weighted by atomic mass is 10.1. The fraction of sp³-hybridized carbons (Fsp3) is 0.467. The van der Waals surface area contributed by atoms with Crippen LogP contribution < -0.4 is 10.6 Å². The van der Waals surface area contributed by atoms with Gasteiger partial charge < -0.3 is 10.6 Å². The Kier molecular flexibility index (Phi) is 6.64. The summed E-state index contributed by atoms with van der Waals surface area (Å²) in [5, 5.41) is 5.22. The predicted octanol–water partition coefficient (Wildman–Crippen LogP) is 1.92. The first-order valence-electron chi connectivity index (χ1n) is 6.75. The molecule has 0 spiro atoms. The Hall–Kier alpha value is -1.84. The van der Waals surface area contributed by atoms with E-state index in [0.29, 0.717) is 13.1 Å². The van der Waals surface area contributed by atoms with Crippen molar-refractivity contribution in [2.45, 2.75) is 39.7 Å². The topological polar surface area (TPSA) is 58.2 Å². The van der Waals surface area contributed by atoms with Crippen LogP contribution in [0.5, 0.6) is 0 Å². The van der Waals surface area contributed by atoms with Crippen molar-refractivity contribution in [3.8, 4) is 0 Å². The Morgan fingerprint density at radius 2 is 1.63 bits per heavy atom. The zero-order valence-electron chi connectivity index (χ0n) is 11.7. The molecule has 1 aromatic carbocycles. The van der Waals surface area contributed by atoms with E-state index >= 15 is 0 Å². The van der Waals surface area contributed by atoms with Crippen LogP contribution in [0.15, 0.2) is 24.3 Å². The van der Waals surface area contributed by atoms with Gasteiger partial charge in [-0.15, -0.1) is 0 Å². The Morgan fingerprint density at radius 3 is 2.26 bits per heavy atom. The van der Waals surface area contributed by atoms with Gasteiger partial charge in [-0.3, -0.25) is 9.59 Å². The first-order valence-corrected chi connectivity index (χ1v) is 6.75. The Morgan fingerprint density at radius 1 is 1.00 bits per heavy atom. The molecule has 1 aromatic rings. The molecule has 0 saturated heterocycles. The SMILES string of the molecule is CCCCCNC(=O)C(=O)NCc1ccc(C)cc1. The van der Waals surface area contributed by atoms with Crippen LogP contribution in [0.4, 0.5) is 0 Å². The molecule has 0 radical (unpaired) electrons. The summed E-state index contributed by atoms with van der Waals surface area (Å²) in [5.74, 6) is -1.12. The summed E-state index contributed by atoms with van der Waals surface area (Å²) in [6, 6.07) is 7.84. The third-order valence-electron chi connectivity index (χ3n) is 2.85. The number of hydrogen-bond acceptors (Lipinski definition) is 2. The van der Waals surface area contributed by atoms with E-state index in [1.807, 2.05) is 31.2 Å². The Labute approximate surface area is 114 Å². The molecular weight excluding hydrogens is 240 g/mol.